The number of rotatable bonds is 3. The molecule has 6 rings (SSSR count). The van der Waals surface area contributed by atoms with Gasteiger partial charge in [-0.3, -0.25) is 14.4 Å². The van der Waals surface area contributed by atoms with Crippen molar-refractivity contribution < 1.29 is 52.8 Å². The van der Waals surface area contributed by atoms with Crippen molar-refractivity contribution in [2.24, 2.45) is 33.5 Å². The van der Waals surface area contributed by atoms with Crippen LogP contribution in [0.4, 0.5) is 0 Å². The van der Waals surface area contributed by atoms with Gasteiger partial charge in [0.1, 0.15) is 23.9 Å². The Morgan fingerprint density at radius 2 is 1.63 bits per heavy atom. The molecule has 1 N–H and O–H groups in total. The average molecular weight is 573 g/mol. The van der Waals surface area contributed by atoms with Crippen LogP contribution in [0.1, 0.15) is 61.3 Å². The van der Waals surface area contributed by atoms with Crippen LogP contribution in [0.2, 0.25) is 0 Å². The summed E-state index contributed by atoms with van der Waals surface area (Å²) in [5.74, 6) is -3.43. The summed E-state index contributed by atoms with van der Waals surface area (Å²) in [6, 6.07) is 0. The third kappa shape index (κ3) is 3.30. The summed E-state index contributed by atoms with van der Waals surface area (Å²) in [5, 5.41) is 10.6. The zero-order valence-electron chi connectivity index (χ0n) is 24.2. The van der Waals surface area contributed by atoms with E-state index in [2.05, 4.69) is 0 Å². The first-order valence-corrected chi connectivity index (χ1v) is 14.0. The lowest BCUT2D eigenvalue weighted by Crippen LogP contribution is -2.77. The SMILES string of the molecule is CC(=O)O[C@@H]1C[C@@]2(C)[C@H](C3=CC(=O)OC3O)OC(=O)[C@H]3O[C@]32[C@@]2(C)[C@H]1[C@@]1(C)C=CC(=O)C(C)(C)[C@@H]1C[C@H]2OC(C)=O. The lowest BCUT2D eigenvalue weighted by atomic mass is 9.35. The number of carbonyl (C=O) groups is 5. The molecule has 1 spiro atoms. The van der Waals surface area contributed by atoms with Crippen LogP contribution < -0.4 is 0 Å². The van der Waals surface area contributed by atoms with E-state index in [1.807, 2.05) is 40.7 Å². The molecule has 4 fully saturated rings. The van der Waals surface area contributed by atoms with Crippen LogP contribution in [-0.2, 0) is 47.7 Å². The molecule has 0 aromatic heterocycles. The van der Waals surface area contributed by atoms with Crippen molar-refractivity contribution in [3.8, 4) is 0 Å². The quantitative estimate of drug-likeness (QED) is 0.300. The van der Waals surface area contributed by atoms with Crippen LogP contribution in [0.5, 0.6) is 0 Å². The predicted octanol–water partition coefficient (Wildman–Crippen LogP) is 1.94. The molecule has 222 valence electrons. The number of hydrogen-bond acceptors (Lipinski definition) is 11. The van der Waals surface area contributed by atoms with Gasteiger partial charge >= 0.3 is 23.9 Å². The van der Waals surface area contributed by atoms with Gasteiger partial charge in [0.2, 0.25) is 6.29 Å². The van der Waals surface area contributed by atoms with Gasteiger partial charge in [-0.05, 0) is 30.3 Å². The van der Waals surface area contributed by atoms with Gasteiger partial charge in [0, 0.05) is 47.7 Å². The number of allylic oxidation sites excluding steroid dienone is 2. The van der Waals surface area contributed by atoms with Gasteiger partial charge < -0.3 is 28.8 Å². The highest BCUT2D eigenvalue weighted by atomic mass is 16.7. The topological polar surface area (TPSA) is 155 Å². The first-order chi connectivity index (χ1) is 18.9. The van der Waals surface area contributed by atoms with Crippen molar-refractivity contribution in [3.63, 3.8) is 0 Å². The molecule has 0 radical (unpaired) electrons. The van der Waals surface area contributed by atoms with Crippen LogP contribution in [-0.4, -0.2) is 71.1 Å². The molecule has 11 nitrogen and oxygen atoms in total. The largest absolute Gasteiger partial charge is 0.462 e. The number of epoxide rings is 1. The number of ether oxygens (including phenoxy) is 5. The zero-order valence-corrected chi connectivity index (χ0v) is 24.2. The van der Waals surface area contributed by atoms with E-state index in [4.69, 9.17) is 23.7 Å². The molecule has 0 bridgehead atoms. The number of esters is 4. The molecule has 3 heterocycles. The van der Waals surface area contributed by atoms with Crippen molar-refractivity contribution in [1.82, 2.24) is 0 Å². The second-order valence-electron chi connectivity index (χ2n) is 13.7. The van der Waals surface area contributed by atoms with Gasteiger partial charge in [-0.1, -0.05) is 40.7 Å². The summed E-state index contributed by atoms with van der Waals surface area (Å²) in [7, 11) is 0. The maximum absolute atomic E-state index is 13.5. The molecule has 0 amide bonds. The number of hydrogen-bond donors (Lipinski definition) is 1. The van der Waals surface area contributed by atoms with E-state index in [1.165, 1.54) is 13.8 Å². The Hall–Kier alpha value is -3.05. The highest BCUT2D eigenvalue weighted by Gasteiger charge is 2.90. The second kappa shape index (κ2) is 8.28. The van der Waals surface area contributed by atoms with E-state index < -0.39 is 87.8 Å². The summed E-state index contributed by atoms with van der Waals surface area (Å²) in [4.78, 5) is 64.0. The van der Waals surface area contributed by atoms with Gasteiger partial charge in [0.15, 0.2) is 11.9 Å². The maximum Gasteiger partial charge on any atom is 0.339 e. The van der Waals surface area contributed by atoms with Crippen LogP contribution in [0, 0.1) is 33.5 Å². The van der Waals surface area contributed by atoms with Crippen LogP contribution in [0.3, 0.4) is 0 Å². The summed E-state index contributed by atoms with van der Waals surface area (Å²) in [6.45, 7) is 12.1. The normalized spacial score (nSPS) is 48.8. The highest BCUT2D eigenvalue weighted by Crippen LogP contribution is 2.79. The fourth-order valence-electron chi connectivity index (χ4n) is 9.84. The molecule has 3 aliphatic carbocycles. The van der Waals surface area contributed by atoms with E-state index in [9.17, 15) is 29.1 Å². The Labute approximate surface area is 237 Å². The summed E-state index contributed by atoms with van der Waals surface area (Å²) in [5.41, 5.74) is -5.08. The molecule has 3 aliphatic heterocycles. The number of aliphatic hydroxyl groups excluding tert-OH is 1. The molecular weight excluding hydrogens is 536 g/mol. The van der Waals surface area contributed by atoms with E-state index in [-0.39, 0.29) is 23.7 Å². The smallest absolute Gasteiger partial charge is 0.339 e. The van der Waals surface area contributed by atoms with Crippen LogP contribution in [0.15, 0.2) is 23.8 Å². The Morgan fingerprint density at radius 3 is 2.22 bits per heavy atom. The first kappa shape index (κ1) is 28.1. The fourth-order valence-corrected chi connectivity index (χ4v) is 9.84. The lowest BCUT2D eigenvalue weighted by Gasteiger charge is -2.69. The number of fused-ring (bicyclic) bond motifs is 3. The molecule has 41 heavy (non-hydrogen) atoms. The molecule has 0 aromatic rings. The molecule has 11 heteroatoms. The number of cyclic esters (lactones) is 2. The van der Waals surface area contributed by atoms with Gasteiger partial charge in [-0.15, -0.1) is 0 Å². The molecular formula is C30H36O11. The van der Waals surface area contributed by atoms with Gasteiger partial charge in [-0.25, -0.2) is 9.59 Å². The van der Waals surface area contributed by atoms with Crippen molar-refractivity contribution in [2.75, 3.05) is 0 Å². The van der Waals surface area contributed by atoms with Crippen molar-refractivity contribution in [1.29, 1.82) is 0 Å². The van der Waals surface area contributed by atoms with Crippen LogP contribution in [0.25, 0.3) is 0 Å². The van der Waals surface area contributed by atoms with Crippen LogP contribution >= 0.6 is 0 Å². The maximum atomic E-state index is 13.5. The van der Waals surface area contributed by atoms with E-state index in [0.717, 1.165) is 6.08 Å². The van der Waals surface area contributed by atoms with Gasteiger partial charge in [0.25, 0.3) is 0 Å². The Kier molecular flexibility index (Phi) is 5.67. The van der Waals surface area contributed by atoms with Gasteiger partial charge in [-0.2, -0.15) is 0 Å². The standard InChI is InChI=1S/C30H36O11/c1-13(31)37-16-12-28(6)22(15-10-20(34)39-24(15)35)40-25(36)23-30(28,41-23)29(7)19(38-14(2)32)11-17-26(3,4)18(33)8-9-27(17,5)21(16)29/h8-10,16-17,19,21-24,35H,11-12H2,1-7H3/t16-,17+,19-,21-,22+,23-,24?,27+,28+,29-,30-/m1/s1. The fraction of sp³-hybridized carbons (Fsp3) is 0.700. The monoisotopic (exact) mass is 572 g/mol. The average Bonchev–Trinajstić information content (AvgIpc) is 3.54. The zero-order chi connectivity index (χ0) is 30.1. The number of aliphatic hydroxyl groups is 1. The molecule has 6 aliphatic rings. The number of ketones is 1. The van der Waals surface area contributed by atoms with Crippen molar-refractivity contribution in [3.05, 3.63) is 23.8 Å². The summed E-state index contributed by atoms with van der Waals surface area (Å²) < 4.78 is 29.4. The highest BCUT2D eigenvalue weighted by molar-refractivity contribution is 5.96. The van der Waals surface area contributed by atoms with Crippen molar-refractivity contribution >= 4 is 29.7 Å². The third-order valence-corrected chi connectivity index (χ3v) is 11.3. The Morgan fingerprint density at radius 1 is 0.976 bits per heavy atom. The van der Waals surface area contributed by atoms with Gasteiger partial charge in [0.05, 0.1) is 0 Å². The minimum Gasteiger partial charge on any atom is -0.462 e. The van der Waals surface area contributed by atoms with Crippen molar-refractivity contribution in [2.45, 2.75) is 97.6 Å². The second-order valence-corrected chi connectivity index (χ2v) is 13.7. The molecule has 2 saturated carbocycles. The van der Waals surface area contributed by atoms with E-state index in [1.54, 1.807) is 6.08 Å². The minimum atomic E-state index is -1.63. The lowest BCUT2D eigenvalue weighted by molar-refractivity contribution is -0.277. The summed E-state index contributed by atoms with van der Waals surface area (Å²) in [6.07, 6.45) is -0.461. The number of carbonyl (C=O) groups excluding carboxylic acids is 5. The third-order valence-electron chi connectivity index (χ3n) is 11.3. The molecule has 2 saturated heterocycles. The Bertz CT molecular complexity index is 1350. The molecule has 1 unspecified atom stereocenters. The summed E-state index contributed by atoms with van der Waals surface area (Å²) >= 11 is 0. The van der Waals surface area contributed by atoms with E-state index >= 15 is 0 Å². The predicted molar refractivity (Wildman–Crippen MR) is 137 cm³/mol. The first-order valence-electron chi connectivity index (χ1n) is 14.0. The molecule has 11 atom stereocenters. The Balaban J connectivity index is 1.61. The minimum absolute atomic E-state index is 0.0540. The molecule has 0 aromatic carbocycles. The van der Waals surface area contributed by atoms with E-state index in [0.29, 0.717) is 6.42 Å².